The Morgan fingerprint density at radius 1 is 1.07 bits per heavy atom. The highest BCUT2D eigenvalue weighted by atomic mass is 16.5. The molecule has 0 aromatic carbocycles. The minimum Gasteiger partial charge on any atom is -0.358 e. The quantitative estimate of drug-likeness (QED) is 0.714. The summed E-state index contributed by atoms with van der Waals surface area (Å²) in [6.45, 7) is 16.8. The molecule has 15 heavy (non-hydrogen) atoms. The first-order valence-corrected chi connectivity index (χ1v) is 6.26. The van der Waals surface area contributed by atoms with Gasteiger partial charge < -0.3 is 4.74 Å². The van der Waals surface area contributed by atoms with Crippen molar-refractivity contribution in [2.45, 2.75) is 66.3 Å². The van der Waals surface area contributed by atoms with E-state index in [0.29, 0.717) is 23.9 Å². The Morgan fingerprint density at radius 3 is 1.80 bits per heavy atom. The van der Waals surface area contributed by atoms with Crippen molar-refractivity contribution in [2.75, 3.05) is 6.61 Å². The molecule has 1 rings (SSSR count). The molecule has 0 N–H and O–H groups in total. The van der Waals surface area contributed by atoms with Crippen LogP contribution in [0.3, 0.4) is 0 Å². The van der Waals surface area contributed by atoms with Crippen LogP contribution < -0.4 is 0 Å². The van der Waals surface area contributed by atoms with Gasteiger partial charge in [-0.25, -0.2) is 0 Å². The summed E-state index contributed by atoms with van der Waals surface area (Å²) in [5.74, 6) is 1.06. The van der Waals surface area contributed by atoms with Crippen LogP contribution in [0.4, 0.5) is 0 Å². The largest absolute Gasteiger partial charge is 0.358 e. The molecule has 90 valence electrons. The second-order valence-corrected chi connectivity index (χ2v) is 5.72. The van der Waals surface area contributed by atoms with Gasteiger partial charge in [0.1, 0.15) is 5.72 Å². The average molecular weight is 213 g/mol. The second-order valence-electron chi connectivity index (χ2n) is 5.72. The lowest BCUT2D eigenvalue weighted by molar-refractivity contribution is -0.161. The molecule has 1 aliphatic heterocycles. The Labute approximate surface area is 95.0 Å². The molecule has 0 saturated carbocycles. The Hall–Kier alpha value is -0.0800. The number of ether oxygens (including phenoxy) is 1. The summed E-state index contributed by atoms with van der Waals surface area (Å²) >= 11 is 0. The first-order chi connectivity index (χ1) is 6.84. The first kappa shape index (κ1) is 13.0. The number of nitrogens with zero attached hydrogens (tertiary/aromatic N) is 1. The minimum atomic E-state index is -0.0619. The van der Waals surface area contributed by atoms with Gasteiger partial charge in [0, 0.05) is 12.1 Å². The topological polar surface area (TPSA) is 12.5 Å². The van der Waals surface area contributed by atoms with Crippen molar-refractivity contribution in [1.82, 2.24) is 4.90 Å². The molecule has 2 heteroatoms. The highest BCUT2D eigenvalue weighted by Gasteiger charge is 2.51. The molecule has 0 amide bonds. The van der Waals surface area contributed by atoms with E-state index < -0.39 is 0 Å². The third-order valence-corrected chi connectivity index (χ3v) is 3.64. The lowest BCUT2D eigenvalue weighted by Crippen LogP contribution is -2.57. The smallest absolute Gasteiger partial charge is 0.126 e. The van der Waals surface area contributed by atoms with Crippen molar-refractivity contribution < 1.29 is 4.74 Å². The van der Waals surface area contributed by atoms with Crippen molar-refractivity contribution in [1.29, 1.82) is 0 Å². The molecule has 1 fully saturated rings. The zero-order chi connectivity index (χ0) is 11.8. The predicted octanol–water partition coefficient (Wildman–Crippen LogP) is 3.12. The van der Waals surface area contributed by atoms with E-state index in [4.69, 9.17) is 4.74 Å². The van der Waals surface area contributed by atoms with Gasteiger partial charge in [-0.3, -0.25) is 4.90 Å². The molecule has 0 spiro atoms. The van der Waals surface area contributed by atoms with Crippen LogP contribution in [0.15, 0.2) is 0 Å². The van der Waals surface area contributed by atoms with Crippen molar-refractivity contribution in [3.8, 4) is 0 Å². The van der Waals surface area contributed by atoms with Crippen LogP contribution in [0.1, 0.15) is 48.5 Å². The van der Waals surface area contributed by atoms with E-state index in [1.165, 1.54) is 0 Å². The fourth-order valence-electron chi connectivity index (χ4n) is 3.26. The van der Waals surface area contributed by atoms with Crippen LogP contribution >= 0.6 is 0 Å². The average Bonchev–Trinajstić information content (AvgIpc) is 2.43. The lowest BCUT2D eigenvalue weighted by atomic mass is 9.86. The highest BCUT2D eigenvalue weighted by Crippen LogP contribution is 2.41. The monoisotopic (exact) mass is 213 g/mol. The van der Waals surface area contributed by atoms with Gasteiger partial charge in [0.15, 0.2) is 0 Å². The Morgan fingerprint density at radius 2 is 1.53 bits per heavy atom. The van der Waals surface area contributed by atoms with Crippen LogP contribution in [0, 0.1) is 11.8 Å². The molecule has 1 heterocycles. The highest BCUT2D eigenvalue weighted by molar-refractivity contribution is 4.96. The van der Waals surface area contributed by atoms with Gasteiger partial charge in [-0.05, 0) is 32.6 Å². The minimum absolute atomic E-state index is 0.0619. The fraction of sp³-hybridized carbons (Fsp3) is 1.00. The Balaban J connectivity index is 3.06. The first-order valence-electron chi connectivity index (χ1n) is 6.26. The van der Waals surface area contributed by atoms with E-state index in [-0.39, 0.29) is 5.72 Å². The van der Waals surface area contributed by atoms with Gasteiger partial charge >= 0.3 is 0 Å². The van der Waals surface area contributed by atoms with Crippen LogP contribution in [0.25, 0.3) is 0 Å². The van der Waals surface area contributed by atoms with E-state index in [2.05, 4.69) is 53.4 Å². The molecule has 1 aliphatic rings. The van der Waals surface area contributed by atoms with Crippen LogP contribution in [-0.2, 0) is 4.74 Å². The Bertz CT molecular complexity index is 203. The molecular weight excluding hydrogens is 186 g/mol. The van der Waals surface area contributed by atoms with E-state index in [9.17, 15) is 0 Å². The van der Waals surface area contributed by atoms with Crippen molar-refractivity contribution in [2.24, 2.45) is 11.8 Å². The summed E-state index contributed by atoms with van der Waals surface area (Å²) in [5, 5.41) is 0. The van der Waals surface area contributed by atoms with Gasteiger partial charge in [-0.15, -0.1) is 0 Å². The van der Waals surface area contributed by atoms with Gasteiger partial charge in [0.05, 0.1) is 6.61 Å². The zero-order valence-electron chi connectivity index (χ0n) is 11.4. The molecule has 0 aliphatic carbocycles. The Kier molecular flexibility index (Phi) is 3.83. The third-order valence-electron chi connectivity index (χ3n) is 3.64. The predicted molar refractivity (Wildman–Crippen MR) is 64.8 cm³/mol. The molecule has 0 unspecified atom stereocenters. The molecule has 0 bridgehead atoms. The fourth-order valence-corrected chi connectivity index (χ4v) is 3.26. The van der Waals surface area contributed by atoms with Gasteiger partial charge in [-0.1, -0.05) is 27.7 Å². The van der Waals surface area contributed by atoms with Crippen LogP contribution in [-0.4, -0.2) is 29.3 Å². The molecule has 0 radical (unpaired) electrons. The van der Waals surface area contributed by atoms with Gasteiger partial charge in [0.2, 0.25) is 0 Å². The van der Waals surface area contributed by atoms with Gasteiger partial charge in [-0.2, -0.15) is 0 Å². The summed E-state index contributed by atoms with van der Waals surface area (Å²) < 4.78 is 6.18. The third kappa shape index (κ3) is 1.94. The standard InChI is InChI=1S/C13H27NO/c1-9(2)13(10(3)4)14(11(5)6)12(7)8-15-13/h9-12H,8H2,1-7H3/t12-/m1/s1. The SMILES string of the molecule is CC(C)N1[C@H](C)COC1(C(C)C)C(C)C. The second kappa shape index (κ2) is 4.42. The van der Waals surface area contributed by atoms with Crippen molar-refractivity contribution in [3.05, 3.63) is 0 Å². The van der Waals surface area contributed by atoms with E-state index in [1.54, 1.807) is 0 Å². The van der Waals surface area contributed by atoms with Crippen molar-refractivity contribution in [3.63, 3.8) is 0 Å². The summed E-state index contributed by atoms with van der Waals surface area (Å²) in [7, 11) is 0. The summed E-state index contributed by atoms with van der Waals surface area (Å²) in [4.78, 5) is 2.56. The van der Waals surface area contributed by atoms with Crippen LogP contribution in [0.2, 0.25) is 0 Å². The summed E-state index contributed by atoms with van der Waals surface area (Å²) in [6, 6.07) is 1.09. The summed E-state index contributed by atoms with van der Waals surface area (Å²) in [5.41, 5.74) is -0.0619. The molecule has 2 nitrogen and oxygen atoms in total. The molecular formula is C13H27NO. The number of hydrogen-bond acceptors (Lipinski definition) is 2. The number of rotatable bonds is 3. The van der Waals surface area contributed by atoms with Crippen molar-refractivity contribution >= 4 is 0 Å². The molecule has 1 atom stereocenters. The summed E-state index contributed by atoms with van der Waals surface area (Å²) in [6.07, 6.45) is 0. The molecule has 0 aromatic heterocycles. The van der Waals surface area contributed by atoms with E-state index in [0.717, 1.165) is 6.61 Å². The van der Waals surface area contributed by atoms with Gasteiger partial charge in [0.25, 0.3) is 0 Å². The number of hydrogen-bond donors (Lipinski definition) is 0. The van der Waals surface area contributed by atoms with E-state index >= 15 is 0 Å². The normalized spacial score (nSPS) is 27.2. The maximum atomic E-state index is 6.18. The molecule has 1 saturated heterocycles. The lowest BCUT2D eigenvalue weighted by Gasteiger charge is -2.47. The zero-order valence-corrected chi connectivity index (χ0v) is 11.4. The van der Waals surface area contributed by atoms with Crippen LogP contribution in [0.5, 0.6) is 0 Å². The maximum absolute atomic E-state index is 6.18. The van der Waals surface area contributed by atoms with E-state index in [1.807, 2.05) is 0 Å². The molecule has 0 aromatic rings. The maximum Gasteiger partial charge on any atom is 0.126 e.